The fraction of sp³-hybridized carbons (Fsp3) is 0.261. The number of ether oxygens (including phenoxy) is 1. The first-order valence-corrected chi connectivity index (χ1v) is 10.0. The van der Waals surface area contributed by atoms with E-state index >= 15 is 0 Å². The standard InChI is InChI=1S/C23H26N4O4/c1-5-26(6-2)17-9-7-16(8-10-17)24-15(3)20-21(28)25-23(30)27(22(20)29)18-11-13-19(31-4)14-12-18/h7-14,20,24H,3,5-6H2,1-2,4H3,(H,25,28,30)/t20-/m0/s1. The topological polar surface area (TPSA) is 91.0 Å². The molecule has 1 aliphatic rings. The lowest BCUT2D eigenvalue weighted by Crippen LogP contribution is -2.59. The summed E-state index contributed by atoms with van der Waals surface area (Å²) in [4.78, 5) is 41.0. The summed E-state index contributed by atoms with van der Waals surface area (Å²) in [6, 6.07) is 13.2. The van der Waals surface area contributed by atoms with Gasteiger partial charge in [0.2, 0.25) is 5.91 Å². The third kappa shape index (κ3) is 4.53. The number of hydrogen-bond donors (Lipinski definition) is 2. The van der Waals surface area contributed by atoms with Crippen molar-refractivity contribution in [2.24, 2.45) is 5.92 Å². The van der Waals surface area contributed by atoms with Crippen molar-refractivity contribution in [3.05, 3.63) is 60.8 Å². The van der Waals surface area contributed by atoms with Crippen molar-refractivity contribution in [1.82, 2.24) is 5.32 Å². The van der Waals surface area contributed by atoms with Crippen LogP contribution in [-0.2, 0) is 9.59 Å². The molecule has 31 heavy (non-hydrogen) atoms. The Bertz CT molecular complexity index is 982. The summed E-state index contributed by atoms with van der Waals surface area (Å²) in [5, 5.41) is 5.26. The van der Waals surface area contributed by atoms with Crippen LogP contribution in [0.5, 0.6) is 5.75 Å². The summed E-state index contributed by atoms with van der Waals surface area (Å²) in [5.41, 5.74) is 2.28. The Balaban J connectivity index is 1.78. The highest BCUT2D eigenvalue weighted by Gasteiger charge is 2.43. The molecule has 1 heterocycles. The van der Waals surface area contributed by atoms with Crippen molar-refractivity contribution in [2.75, 3.05) is 35.3 Å². The van der Waals surface area contributed by atoms with Gasteiger partial charge < -0.3 is 15.0 Å². The number of hydrogen-bond acceptors (Lipinski definition) is 6. The quantitative estimate of drug-likeness (QED) is 0.634. The zero-order valence-electron chi connectivity index (χ0n) is 17.8. The molecule has 8 heteroatoms. The van der Waals surface area contributed by atoms with Gasteiger partial charge in [-0.3, -0.25) is 14.9 Å². The van der Waals surface area contributed by atoms with E-state index in [-0.39, 0.29) is 5.70 Å². The van der Waals surface area contributed by atoms with Crippen molar-refractivity contribution >= 4 is 34.9 Å². The average Bonchev–Trinajstić information content (AvgIpc) is 2.76. The van der Waals surface area contributed by atoms with Gasteiger partial charge in [0, 0.05) is 30.2 Å². The molecule has 2 aromatic rings. The van der Waals surface area contributed by atoms with Crippen LogP contribution >= 0.6 is 0 Å². The van der Waals surface area contributed by atoms with Crippen molar-refractivity contribution in [1.29, 1.82) is 0 Å². The molecule has 3 rings (SSSR count). The molecular weight excluding hydrogens is 396 g/mol. The maximum absolute atomic E-state index is 13.1. The van der Waals surface area contributed by atoms with E-state index in [0.717, 1.165) is 23.7 Å². The number of methoxy groups -OCH3 is 1. The molecule has 162 valence electrons. The number of imide groups is 2. The fourth-order valence-electron chi connectivity index (χ4n) is 3.46. The predicted molar refractivity (Wildman–Crippen MR) is 120 cm³/mol. The first-order chi connectivity index (χ1) is 14.9. The van der Waals surface area contributed by atoms with E-state index in [1.165, 1.54) is 7.11 Å². The Labute approximate surface area is 181 Å². The van der Waals surface area contributed by atoms with E-state index in [0.29, 0.717) is 17.1 Å². The molecule has 0 saturated carbocycles. The van der Waals surface area contributed by atoms with E-state index in [9.17, 15) is 14.4 Å². The second-order valence-corrected chi connectivity index (χ2v) is 6.97. The minimum absolute atomic E-state index is 0.184. The lowest BCUT2D eigenvalue weighted by molar-refractivity contribution is -0.132. The largest absolute Gasteiger partial charge is 0.497 e. The van der Waals surface area contributed by atoms with Crippen LogP contribution in [0.2, 0.25) is 0 Å². The molecule has 0 aromatic heterocycles. The highest BCUT2D eigenvalue weighted by Crippen LogP contribution is 2.27. The molecule has 0 spiro atoms. The molecule has 0 radical (unpaired) electrons. The number of benzene rings is 2. The number of barbiturate groups is 1. The summed E-state index contributed by atoms with van der Waals surface area (Å²) in [7, 11) is 1.52. The summed E-state index contributed by atoms with van der Waals surface area (Å²) in [6.45, 7) is 9.83. The maximum atomic E-state index is 13.1. The highest BCUT2D eigenvalue weighted by atomic mass is 16.5. The van der Waals surface area contributed by atoms with Crippen molar-refractivity contribution < 1.29 is 19.1 Å². The van der Waals surface area contributed by atoms with Crippen molar-refractivity contribution in [2.45, 2.75) is 13.8 Å². The van der Waals surface area contributed by atoms with Crippen LogP contribution < -0.4 is 25.2 Å². The van der Waals surface area contributed by atoms with Gasteiger partial charge >= 0.3 is 6.03 Å². The van der Waals surface area contributed by atoms with Crippen molar-refractivity contribution in [3.8, 4) is 5.75 Å². The van der Waals surface area contributed by atoms with Gasteiger partial charge in [-0.25, -0.2) is 9.69 Å². The SMILES string of the molecule is C=C(Nc1ccc(N(CC)CC)cc1)[C@H]1C(=O)NC(=O)N(c2ccc(OC)cc2)C1=O. The second-order valence-electron chi connectivity index (χ2n) is 6.97. The number of nitrogens with one attached hydrogen (secondary N) is 2. The molecule has 8 nitrogen and oxygen atoms in total. The summed E-state index contributed by atoms with van der Waals surface area (Å²) < 4.78 is 5.11. The van der Waals surface area contributed by atoms with E-state index in [2.05, 4.69) is 36.0 Å². The number of carbonyl (C=O) groups excluding carboxylic acids is 3. The van der Waals surface area contributed by atoms with Gasteiger partial charge in [0.15, 0.2) is 5.92 Å². The van der Waals surface area contributed by atoms with E-state index in [4.69, 9.17) is 4.74 Å². The van der Waals surface area contributed by atoms with Crippen LogP contribution in [0.4, 0.5) is 21.9 Å². The Morgan fingerprint density at radius 1 is 1.06 bits per heavy atom. The van der Waals surface area contributed by atoms with Crippen molar-refractivity contribution in [3.63, 3.8) is 0 Å². The molecule has 1 saturated heterocycles. The monoisotopic (exact) mass is 422 g/mol. The predicted octanol–water partition coefficient (Wildman–Crippen LogP) is 3.37. The second kappa shape index (κ2) is 9.34. The number of urea groups is 1. The van der Waals surface area contributed by atoms with Crippen LogP contribution in [0.25, 0.3) is 0 Å². The molecule has 0 unspecified atom stereocenters. The van der Waals surface area contributed by atoms with Gasteiger partial charge in [0.1, 0.15) is 5.75 Å². The highest BCUT2D eigenvalue weighted by molar-refractivity contribution is 6.28. The lowest BCUT2D eigenvalue weighted by Gasteiger charge is -2.31. The van der Waals surface area contributed by atoms with E-state index < -0.39 is 23.8 Å². The van der Waals surface area contributed by atoms with Gasteiger partial charge in [-0.2, -0.15) is 0 Å². The molecular formula is C23H26N4O4. The van der Waals surface area contributed by atoms with Gasteiger partial charge in [-0.05, 0) is 62.4 Å². The van der Waals surface area contributed by atoms with Crippen LogP contribution in [0, 0.1) is 5.92 Å². The van der Waals surface area contributed by atoms with Gasteiger partial charge in [-0.15, -0.1) is 0 Å². The molecule has 0 bridgehead atoms. The van der Waals surface area contributed by atoms with E-state index in [1.807, 2.05) is 24.3 Å². The Kier molecular flexibility index (Phi) is 6.59. The third-order valence-corrected chi connectivity index (χ3v) is 5.14. The Hall–Kier alpha value is -3.81. The number of anilines is 3. The molecule has 2 N–H and O–H groups in total. The summed E-state index contributed by atoms with van der Waals surface area (Å²) >= 11 is 0. The minimum atomic E-state index is -1.25. The molecule has 1 fully saturated rings. The van der Waals surface area contributed by atoms with Crippen LogP contribution in [0.15, 0.2) is 60.8 Å². The Morgan fingerprint density at radius 3 is 2.23 bits per heavy atom. The molecule has 1 aliphatic heterocycles. The molecule has 4 amide bonds. The lowest BCUT2D eigenvalue weighted by atomic mass is 10.0. The van der Waals surface area contributed by atoms with Gasteiger partial charge in [0.05, 0.1) is 12.8 Å². The fourth-order valence-corrected chi connectivity index (χ4v) is 3.46. The smallest absolute Gasteiger partial charge is 0.335 e. The van der Waals surface area contributed by atoms with Gasteiger partial charge in [0.25, 0.3) is 5.91 Å². The summed E-state index contributed by atoms with van der Waals surface area (Å²) in [5.74, 6) is -2.05. The zero-order chi connectivity index (χ0) is 22.5. The zero-order valence-corrected chi connectivity index (χ0v) is 17.8. The van der Waals surface area contributed by atoms with Gasteiger partial charge in [-0.1, -0.05) is 6.58 Å². The minimum Gasteiger partial charge on any atom is -0.497 e. The maximum Gasteiger partial charge on any atom is 0.335 e. The van der Waals surface area contributed by atoms with Crippen LogP contribution in [0.1, 0.15) is 13.8 Å². The molecule has 1 atom stereocenters. The first-order valence-electron chi connectivity index (χ1n) is 10.0. The normalized spacial score (nSPS) is 16.0. The average molecular weight is 422 g/mol. The van der Waals surface area contributed by atoms with Crippen LogP contribution in [0.3, 0.4) is 0 Å². The Morgan fingerprint density at radius 2 is 1.68 bits per heavy atom. The summed E-state index contributed by atoms with van der Waals surface area (Å²) in [6.07, 6.45) is 0. The van der Waals surface area contributed by atoms with E-state index in [1.54, 1.807) is 24.3 Å². The van der Waals surface area contributed by atoms with Crippen LogP contribution in [-0.4, -0.2) is 38.0 Å². The number of amides is 4. The number of nitrogens with zero attached hydrogens (tertiary/aromatic N) is 2. The number of rotatable bonds is 8. The molecule has 0 aliphatic carbocycles. The third-order valence-electron chi connectivity index (χ3n) is 5.14. The number of carbonyl (C=O) groups is 3. The first kappa shape index (κ1) is 21.9. The molecule has 2 aromatic carbocycles.